The number of fused-ring (bicyclic) bond motifs is 3. The number of halogens is 3. The van der Waals surface area contributed by atoms with Crippen molar-refractivity contribution in [3.05, 3.63) is 53.6 Å². The minimum Gasteiger partial charge on any atom is -0.381 e. The van der Waals surface area contributed by atoms with Gasteiger partial charge < -0.3 is 14.8 Å². The largest absolute Gasteiger partial charge is 0.416 e. The van der Waals surface area contributed by atoms with Gasteiger partial charge in [0.15, 0.2) is 0 Å². The highest BCUT2D eigenvalue weighted by molar-refractivity contribution is 5.58. The topological polar surface area (TPSA) is 33.7 Å². The van der Waals surface area contributed by atoms with Gasteiger partial charge in [-0.2, -0.15) is 13.2 Å². The van der Waals surface area contributed by atoms with Crippen molar-refractivity contribution < 1.29 is 22.6 Å². The first-order valence-corrected chi connectivity index (χ1v) is 11.3. The highest BCUT2D eigenvalue weighted by Gasteiger charge is 2.45. The van der Waals surface area contributed by atoms with Crippen LogP contribution in [0.5, 0.6) is 0 Å². The van der Waals surface area contributed by atoms with E-state index in [-0.39, 0.29) is 24.2 Å². The molecule has 168 valence electrons. The third kappa shape index (κ3) is 4.41. The van der Waals surface area contributed by atoms with Crippen molar-refractivity contribution in [2.45, 2.75) is 43.7 Å². The summed E-state index contributed by atoms with van der Waals surface area (Å²) in [6.45, 7) is 4.03. The van der Waals surface area contributed by atoms with Crippen LogP contribution in [0.3, 0.4) is 0 Å². The maximum absolute atomic E-state index is 13.4. The summed E-state index contributed by atoms with van der Waals surface area (Å²) in [6, 6.07) is 4.20. The second-order valence-corrected chi connectivity index (χ2v) is 9.02. The summed E-state index contributed by atoms with van der Waals surface area (Å²) >= 11 is 0. The molecule has 5 atom stereocenters. The van der Waals surface area contributed by atoms with E-state index in [9.17, 15) is 13.2 Å². The number of morpholine rings is 1. The monoisotopic (exact) mass is 434 g/mol. The van der Waals surface area contributed by atoms with Gasteiger partial charge in [0.05, 0.1) is 31.0 Å². The Bertz CT molecular complexity index is 848. The zero-order valence-corrected chi connectivity index (χ0v) is 17.5. The Morgan fingerprint density at radius 1 is 1.10 bits per heavy atom. The normalized spacial score (nSPS) is 33.5. The molecular formula is C24H29F3N2O2. The molecular weight excluding hydrogens is 405 g/mol. The van der Waals surface area contributed by atoms with Crippen LogP contribution in [0.1, 0.15) is 36.5 Å². The molecule has 0 bridgehead atoms. The van der Waals surface area contributed by atoms with Gasteiger partial charge in [0, 0.05) is 48.8 Å². The van der Waals surface area contributed by atoms with Crippen molar-refractivity contribution in [2.75, 3.05) is 38.2 Å². The molecule has 1 aromatic carbocycles. The lowest BCUT2D eigenvalue weighted by Gasteiger charge is -2.48. The first kappa shape index (κ1) is 21.0. The summed E-state index contributed by atoms with van der Waals surface area (Å²) < 4.78 is 52.3. The fourth-order valence-electron chi connectivity index (χ4n) is 5.47. The maximum atomic E-state index is 13.4. The molecule has 0 spiro atoms. The van der Waals surface area contributed by atoms with Gasteiger partial charge in [0.1, 0.15) is 0 Å². The van der Waals surface area contributed by atoms with E-state index in [1.807, 2.05) is 0 Å². The first-order valence-electron chi connectivity index (χ1n) is 11.3. The van der Waals surface area contributed by atoms with Crippen molar-refractivity contribution in [3.63, 3.8) is 0 Å². The number of nitrogens with one attached hydrogen (secondary N) is 1. The third-order valence-electron chi connectivity index (χ3n) is 7.06. The van der Waals surface area contributed by atoms with Crippen LogP contribution in [0, 0.1) is 11.8 Å². The molecule has 1 aromatic rings. The minimum absolute atomic E-state index is 0.0299. The molecule has 31 heavy (non-hydrogen) atoms. The fourth-order valence-corrected chi connectivity index (χ4v) is 5.47. The highest BCUT2D eigenvalue weighted by Crippen LogP contribution is 2.49. The Morgan fingerprint density at radius 3 is 2.68 bits per heavy atom. The van der Waals surface area contributed by atoms with Crippen LogP contribution in [-0.4, -0.2) is 49.9 Å². The van der Waals surface area contributed by atoms with Crippen LogP contribution in [0.15, 0.2) is 42.5 Å². The Kier molecular flexibility index (Phi) is 5.84. The number of nitrogens with zero attached hydrogens (tertiary/aromatic N) is 1. The Hall–Kier alpha value is -1.83. The quantitative estimate of drug-likeness (QED) is 0.741. The van der Waals surface area contributed by atoms with Crippen LogP contribution in [0.2, 0.25) is 0 Å². The second-order valence-electron chi connectivity index (χ2n) is 9.02. The number of alkyl halides is 3. The van der Waals surface area contributed by atoms with Crippen molar-refractivity contribution in [1.82, 2.24) is 4.90 Å². The summed E-state index contributed by atoms with van der Waals surface area (Å²) in [7, 11) is 0. The van der Waals surface area contributed by atoms with E-state index in [0.717, 1.165) is 57.8 Å². The Balaban J connectivity index is 1.43. The van der Waals surface area contributed by atoms with Crippen LogP contribution < -0.4 is 5.32 Å². The zero-order chi connectivity index (χ0) is 21.4. The van der Waals surface area contributed by atoms with E-state index in [1.165, 1.54) is 12.1 Å². The van der Waals surface area contributed by atoms with Crippen LogP contribution in [-0.2, 0) is 15.7 Å². The summed E-state index contributed by atoms with van der Waals surface area (Å²) in [5.74, 6) is 0.463. The highest BCUT2D eigenvalue weighted by atomic mass is 19.4. The van der Waals surface area contributed by atoms with Gasteiger partial charge in [0.2, 0.25) is 0 Å². The standard InChI is InChI=1S/C24H29F3N2O2/c25-24(26,27)17-6-9-21-20(14-17)23-19(22(28-21)16-4-2-1-3-5-16)8-7-18(31-23)15-29-10-12-30-13-11-29/h1-4,6,9,14,16,18-19,22-23,28H,5,7-8,10-13,15H2/t16?,18-,19+,22+,23+/m1/s1. The predicted octanol–water partition coefficient (Wildman–Crippen LogP) is 4.80. The molecule has 1 unspecified atom stereocenters. The predicted molar refractivity (Wildman–Crippen MR) is 113 cm³/mol. The van der Waals surface area contributed by atoms with Gasteiger partial charge in [-0.15, -0.1) is 0 Å². The molecule has 3 aliphatic heterocycles. The lowest BCUT2D eigenvalue weighted by Crippen LogP contribution is -2.49. The lowest BCUT2D eigenvalue weighted by atomic mass is 9.73. The first-order chi connectivity index (χ1) is 15.0. The van der Waals surface area contributed by atoms with Crippen molar-refractivity contribution >= 4 is 5.69 Å². The lowest BCUT2D eigenvalue weighted by molar-refractivity contribution is -0.138. The van der Waals surface area contributed by atoms with Crippen molar-refractivity contribution in [1.29, 1.82) is 0 Å². The molecule has 0 aromatic heterocycles. The molecule has 3 heterocycles. The number of hydrogen-bond acceptors (Lipinski definition) is 4. The third-order valence-corrected chi connectivity index (χ3v) is 7.06. The summed E-state index contributed by atoms with van der Waals surface area (Å²) in [5, 5.41) is 3.58. The number of hydrogen-bond donors (Lipinski definition) is 1. The second kappa shape index (κ2) is 8.60. The maximum Gasteiger partial charge on any atom is 0.416 e. The Morgan fingerprint density at radius 2 is 1.94 bits per heavy atom. The van der Waals surface area contributed by atoms with Gasteiger partial charge in [-0.25, -0.2) is 0 Å². The molecule has 0 saturated carbocycles. The molecule has 2 saturated heterocycles. The smallest absolute Gasteiger partial charge is 0.381 e. The van der Waals surface area contributed by atoms with Gasteiger partial charge in [-0.05, 0) is 37.5 Å². The fraction of sp³-hybridized carbons (Fsp3) is 0.583. The molecule has 0 amide bonds. The van der Waals surface area contributed by atoms with E-state index in [0.29, 0.717) is 11.5 Å². The van der Waals surface area contributed by atoms with E-state index in [4.69, 9.17) is 9.47 Å². The van der Waals surface area contributed by atoms with E-state index in [2.05, 4.69) is 34.5 Å². The number of allylic oxidation sites excluding steroid dienone is 3. The Labute approximate surface area is 181 Å². The average molecular weight is 435 g/mol. The molecule has 7 heteroatoms. The SMILES string of the molecule is FC(F)(F)c1ccc2c(c1)[C@H]1O[C@@H](CN3CCOCC3)CC[C@H]1[C@H](C1C=CC=CC1)N2. The average Bonchev–Trinajstić information content (AvgIpc) is 2.79. The number of anilines is 1. The molecule has 4 nitrogen and oxygen atoms in total. The van der Waals surface area contributed by atoms with Crippen LogP contribution >= 0.6 is 0 Å². The zero-order valence-electron chi connectivity index (χ0n) is 17.5. The van der Waals surface area contributed by atoms with Gasteiger partial charge in [-0.1, -0.05) is 24.3 Å². The molecule has 5 rings (SSSR count). The molecule has 1 aliphatic carbocycles. The summed E-state index contributed by atoms with van der Waals surface area (Å²) in [5.41, 5.74) is 0.817. The minimum atomic E-state index is -4.36. The molecule has 0 radical (unpaired) electrons. The number of benzene rings is 1. The molecule has 4 aliphatic rings. The molecule has 1 N–H and O–H groups in total. The number of rotatable bonds is 3. The van der Waals surface area contributed by atoms with Gasteiger partial charge in [0.25, 0.3) is 0 Å². The summed E-state index contributed by atoms with van der Waals surface area (Å²) in [6.07, 6.45) is 6.65. The van der Waals surface area contributed by atoms with Crippen LogP contribution in [0.4, 0.5) is 18.9 Å². The van der Waals surface area contributed by atoms with Crippen molar-refractivity contribution in [3.8, 4) is 0 Å². The summed E-state index contributed by atoms with van der Waals surface area (Å²) in [4.78, 5) is 2.34. The van der Waals surface area contributed by atoms with Crippen molar-refractivity contribution in [2.24, 2.45) is 11.8 Å². The van der Waals surface area contributed by atoms with Crippen LogP contribution in [0.25, 0.3) is 0 Å². The number of ether oxygens (including phenoxy) is 2. The van der Waals surface area contributed by atoms with E-state index >= 15 is 0 Å². The van der Waals surface area contributed by atoms with Gasteiger partial charge >= 0.3 is 6.18 Å². The van der Waals surface area contributed by atoms with E-state index in [1.54, 1.807) is 6.07 Å². The molecule has 2 fully saturated rings. The van der Waals surface area contributed by atoms with Gasteiger partial charge in [-0.3, -0.25) is 4.90 Å². The van der Waals surface area contributed by atoms with E-state index < -0.39 is 11.7 Å².